The Kier molecular flexibility index (Phi) is 7.15. The number of hydrogen-bond acceptors (Lipinski definition) is 4. The number of hydrogen-bond donors (Lipinski definition) is 1. The van der Waals surface area contributed by atoms with Crippen molar-refractivity contribution < 1.29 is 19.1 Å². The predicted octanol–water partition coefficient (Wildman–Crippen LogP) is 5.54. The van der Waals surface area contributed by atoms with Crippen molar-refractivity contribution in [1.29, 1.82) is 0 Å². The van der Waals surface area contributed by atoms with Crippen LogP contribution >= 0.6 is 11.6 Å². The predicted molar refractivity (Wildman–Crippen MR) is 114 cm³/mol. The molecule has 0 spiro atoms. The number of halogens is 1. The fourth-order valence-electron chi connectivity index (χ4n) is 3.34. The van der Waals surface area contributed by atoms with Crippen LogP contribution in [-0.2, 0) is 9.53 Å². The van der Waals surface area contributed by atoms with E-state index in [1.54, 1.807) is 49.4 Å². The van der Waals surface area contributed by atoms with E-state index in [1.807, 2.05) is 6.92 Å². The summed E-state index contributed by atoms with van der Waals surface area (Å²) < 4.78 is 11.2. The molecule has 1 atom stereocenters. The van der Waals surface area contributed by atoms with Crippen LogP contribution < -0.4 is 10.1 Å². The zero-order valence-electron chi connectivity index (χ0n) is 16.7. The molecule has 0 unspecified atom stereocenters. The second-order valence-corrected chi connectivity index (χ2v) is 7.83. The lowest BCUT2D eigenvalue weighted by Crippen LogP contribution is -2.31. The van der Waals surface area contributed by atoms with Crippen LogP contribution in [0.3, 0.4) is 0 Å². The maximum absolute atomic E-state index is 12.5. The first-order valence-electron chi connectivity index (χ1n) is 9.97. The number of carbonyl (C=O) groups excluding carboxylic acids is 2. The fraction of sp³-hybridized carbons (Fsp3) is 0.391. The summed E-state index contributed by atoms with van der Waals surface area (Å²) in [5.41, 5.74) is 2.08. The molecule has 29 heavy (non-hydrogen) atoms. The number of esters is 1. The zero-order chi connectivity index (χ0) is 20.8. The smallest absolute Gasteiger partial charge is 0.347 e. The van der Waals surface area contributed by atoms with E-state index >= 15 is 0 Å². The third-order valence-electron chi connectivity index (χ3n) is 5.03. The number of aryl methyl sites for hydroxylation is 1. The second-order valence-electron chi connectivity index (χ2n) is 7.39. The van der Waals surface area contributed by atoms with Gasteiger partial charge in [0.1, 0.15) is 11.9 Å². The highest BCUT2D eigenvalue weighted by Gasteiger charge is 2.23. The Balaban J connectivity index is 1.54. The van der Waals surface area contributed by atoms with Crippen LogP contribution in [0.5, 0.6) is 5.75 Å². The number of benzene rings is 2. The largest absolute Gasteiger partial charge is 0.479 e. The number of ether oxygens (including phenoxy) is 2. The van der Waals surface area contributed by atoms with Crippen LogP contribution in [0.4, 0.5) is 5.69 Å². The van der Waals surface area contributed by atoms with Gasteiger partial charge in [-0.3, -0.25) is 4.79 Å². The Hall–Kier alpha value is -2.53. The first-order chi connectivity index (χ1) is 13.9. The molecule has 1 fully saturated rings. The number of carbonyl (C=O) groups is 2. The lowest BCUT2D eigenvalue weighted by molar-refractivity contribution is -0.158. The molecule has 1 N–H and O–H groups in total. The van der Waals surface area contributed by atoms with E-state index in [4.69, 9.17) is 21.1 Å². The molecule has 0 saturated heterocycles. The molecule has 1 aliphatic rings. The fourth-order valence-corrected chi connectivity index (χ4v) is 3.57. The topological polar surface area (TPSA) is 64.6 Å². The van der Waals surface area contributed by atoms with Gasteiger partial charge in [0.05, 0.1) is 0 Å². The van der Waals surface area contributed by atoms with Gasteiger partial charge in [-0.25, -0.2) is 4.79 Å². The van der Waals surface area contributed by atoms with Crippen molar-refractivity contribution in [3.63, 3.8) is 0 Å². The van der Waals surface area contributed by atoms with Crippen molar-refractivity contribution in [2.75, 3.05) is 5.32 Å². The zero-order valence-corrected chi connectivity index (χ0v) is 17.5. The van der Waals surface area contributed by atoms with E-state index in [0.29, 0.717) is 22.0 Å². The van der Waals surface area contributed by atoms with Crippen LogP contribution in [0, 0.1) is 6.92 Å². The normalized spacial score (nSPS) is 15.4. The summed E-state index contributed by atoms with van der Waals surface area (Å²) >= 11 is 5.95. The summed E-state index contributed by atoms with van der Waals surface area (Å²) in [4.78, 5) is 24.7. The molecule has 3 rings (SSSR count). The van der Waals surface area contributed by atoms with Gasteiger partial charge in [0, 0.05) is 16.3 Å². The lowest BCUT2D eigenvalue weighted by Gasteiger charge is -2.23. The van der Waals surface area contributed by atoms with E-state index in [-0.39, 0.29) is 18.0 Å². The summed E-state index contributed by atoms with van der Waals surface area (Å²) in [5.74, 6) is -0.0685. The van der Waals surface area contributed by atoms with Gasteiger partial charge >= 0.3 is 5.97 Å². The maximum atomic E-state index is 12.5. The Morgan fingerprint density at radius 1 is 1.07 bits per heavy atom. The number of nitrogens with one attached hydrogen (secondary N) is 1. The summed E-state index contributed by atoms with van der Waals surface area (Å²) in [6, 6.07) is 12.0. The molecule has 1 saturated carbocycles. The molecule has 5 nitrogen and oxygen atoms in total. The van der Waals surface area contributed by atoms with E-state index in [0.717, 1.165) is 31.2 Å². The minimum Gasteiger partial charge on any atom is -0.479 e. The Bertz CT molecular complexity index is 860. The summed E-state index contributed by atoms with van der Waals surface area (Å²) in [7, 11) is 0. The molecule has 154 valence electrons. The van der Waals surface area contributed by atoms with Crippen LogP contribution in [0.25, 0.3) is 0 Å². The van der Waals surface area contributed by atoms with E-state index in [2.05, 4.69) is 5.32 Å². The average molecular weight is 416 g/mol. The van der Waals surface area contributed by atoms with E-state index in [1.165, 1.54) is 6.42 Å². The minimum atomic E-state index is -0.701. The Morgan fingerprint density at radius 3 is 2.41 bits per heavy atom. The highest BCUT2D eigenvalue weighted by Crippen LogP contribution is 2.23. The van der Waals surface area contributed by atoms with Crippen molar-refractivity contribution in [1.82, 2.24) is 0 Å². The molecule has 0 heterocycles. The number of amides is 1. The first-order valence-corrected chi connectivity index (χ1v) is 10.3. The van der Waals surface area contributed by atoms with Gasteiger partial charge in [-0.05, 0) is 87.6 Å². The third kappa shape index (κ3) is 5.97. The van der Waals surface area contributed by atoms with Crippen molar-refractivity contribution in [2.45, 2.75) is 58.2 Å². The van der Waals surface area contributed by atoms with Gasteiger partial charge in [-0.2, -0.15) is 0 Å². The molecule has 1 aliphatic carbocycles. The van der Waals surface area contributed by atoms with Crippen molar-refractivity contribution in [2.24, 2.45) is 0 Å². The molecule has 2 aromatic carbocycles. The lowest BCUT2D eigenvalue weighted by atomic mass is 9.98. The van der Waals surface area contributed by atoms with E-state index < -0.39 is 6.10 Å². The SMILES string of the molecule is Cc1cc(Cl)ccc1NC(=O)c1ccc(O[C@@H](C)C(=O)OC2CCCCC2)cc1. The van der Waals surface area contributed by atoms with Gasteiger partial charge in [0.15, 0.2) is 6.10 Å². The van der Waals surface area contributed by atoms with Crippen LogP contribution in [-0.4, -0.2) is 24.1 Å². The molecule has 0 radical (unpaired) electrons. The molecule has 6 heteroatoms. The molecule has 2 aromatic rings. The van der Waals surface area contributed by atoms with Gasteiger partial charge in [-0.15, -0.1) is 0 Å². The highest BCUT2D eigenvalue weighted by molar-refractivity contribution is 6.30. The monoisotopic (exact) mass is 415 g/mol. The molecule has 0 bridgehead atoms. The summed E-state index contributed by atoms with van der Waals surface area (Å²) in [6.45, 7) is 3.56. The third-order valence-corrected chi connectivity index (χ3v) is 5.27. The van der Waals surface area contributed by atoms with Crippen LogP contribution in [0.1, 0.15) is 54.9 Å². The first kappa shape index (κ1) is 21.2. The highest BCUT2D eigenvalue weighted by atomic mass is 35.5. The van der Waals surface area contributed by atoms with E-state index in [9.17, 15) is 9.59 Å². The summed E-state index contributed by atoms with van der Waals surface area (Å²) in [5, 5.41) is 3.49. The summed E-state index contributed by atoms with van der Waals surface area (Å²) in [6.07, 6.45) is 4.57. The number of anilines is 1. The molecule has 0 aromatic heterocycles. The Labute approximate surface area is 176 Å². The van der Waals surface area contributed by atoms with Crippen molar-refractivity contribution in [3.8, 4) is 5.75 Å². The quantitative estimate of drug-likeness (QED) is 0.628. The standard InChI is InChI=1S/C23H26ClNO4/c1-15-14-18(24)10-13-21(15)25-22(26)17-8-11-20(12-9-17)28-16(2)23(27)29-19-6-4-3-5-7-19/h8-14,16,19H,3-7H2,1-2H3,(H,25,26)/t16-/m0/s1. The minimum absolute atomic E-state index is 0.00435. The second kappa shape index (κ2) is 9.79. The molecule has 0 aliphatic heterocycles. The molecular formula is C23H26ClNO4. The van der Waals surface area contributed by atoms with Crippen molar-refractivity contribution >= 4 is 29.2 Å². The van der Waals surface area contributed by atoms with Crippen molar-refractivity contribution in [3.05, 3.63) is 58.6 Å². The molecule has 1 amide bonds. The molecular weight excluding hydrogens is 390 g/mol. The van der Waals surface area contributed by atoms with Gasteiger partial charge in [0.2, 0.25) is 0 Å². The average Bonchev–Trinajstić information content (AvgIpc) is 2.71. The van der Waals surface area contributed by atoms with Crippen LogP contribution in [0.15, 0.2) is 42.5 Å². The van der Waals surface area contributed by atoms with Gasteiger partial charge in [0.25, 0.3) is 5.91 Å². The Morgan fingerprint density at radius 2 is 1.76 bits per heavy atom. The van der Waals surface area contributed by atoms with Gasteiger partial charge < -0.3 is 14.8 Å². The van der Waals surface area contributed by atoms with Gasteiger partial charge in [-0.1, -0.05) is 18.0 Å². The van der Waals surface area contributed by atoms with Crippen LogP contribution in [0.2, 0.25) is 5.02 Å². The maximum Gasteiger partial charge on any atom is 0.347 e. The number of rotatable bonds is 6.